The van der Waals surface area contributed by atoms with Crippen LogP contribution in [0.5, 0.6) is 11.5 Å². The van der Waals surface area contributed by atoms with Crippen molar-refractivity contribution < 1.29 is 24.2 Å². The lowest BCUT2D eigenvalue weighted by Crippen LogP contribution is -2.27. The highest BCUT2D eigenvalue weighted by atomic mass is 79.9. The summed E-state index contributed by atoms with van der Waals surface area (Å²) in [4.78, 5) is 47.9. The van der Waals surface area contributed by atoms with Gasteiger partial charge in [0.1, 0.15) is 5.75 Å². The molecule has 1 aliphatic rings. The molecule has 1 heterocycles. The van der Waals surface area contributed by atoms with E-state index >= 15 is 0 Å². The molecule has 1 aliphatic heterocycles. The van der Waals surface area contributed by atoms with Crippen LogP contribution in [0, 0.1) is 27.2 Å². The lowest BCUT2D eigenvalue weighted by Gasteiger charge is -2.13. The molecule has 0 unspecified atom stereocenters. The molecule has 4 rings (SSSR count). The number of non-ortho nitro benzene ring substituents is 1. The molecule has 0 atom stereocenters. The van der Waals surface area contributed by atoms with Gasteiger partial charge >= 0.3 is 5.69 Å². The van der Waals surface area contributed by atoms with E-state index in [4.69, 9.17) is 4.74 Å². The van der Waals surface area contributed by atoms with E-state index in [-0.39, 0.29) is 22.9 Å². The van der Waals surface area contributed by atoms with Gasteiger partial charge in [0, 0.05) is 16.1 Å². The van der Waals surface area contributed by atoms with Crippen molar-refractivity contribution in [2.24, 2.45) is 0 Å². The van der Waals surface area contributed by atoms with Gasteiger partial charge in [0.2, 0.25) is 5.75 Å². The van der Waals surface area contributed by atoms with Crippen molar-refractivity contribution >= 4 is 56.3 Å². The highest BCUT2D eigenvalue weighted by Crippen LogP contribution is 2.39. The molecule has 0 aliphatic carbocycles. The van der Waals surface area contributed by atoms with Crippen molar-refractivity contribution in [1.29, 1.82) is 0 Å². The second-order valence-corrected chi connectivity index (χ2v) is 9.62. The van der Waals surface area contributed by atoms with Gasteiger partial charge in [-0.3, -0.25) is 34.7 Å². The van der Waals surface area contributed by atoms with Crippen LogP contribution in [0.15, 0.2) is 70.0 Å². The average Bonchev–Trinajstić information content (AvgIpc) is 3.08. The maximum absolute atomic E-state index is 13.0. The smallest absolute Gasteiger partial charge is 0.318 e. The zero-order valence-electron chi connectivity index (χ0n) is 18.5. The summed E-state index contributed by atoms with van der Waals surface area (Å²) in [5.74, 6) is -0.533. The SMILES string of the molecule is Cc1cccc(CN2C(=O)S/C(=C\c3cc(Br)ccc3Oc3ccc([N+](=O)[O-])cc3[N+](=O)[O-])C2=O)c1. The molecule has 1 saturated heterocycles. The zero-order chi connectivity index (χ0) is 26.0. The fourth-order valence-corrected chi connectivity index (χ4v) is 4.67. The third kappa shape index (κ3) is 5.44. The number of imide groups is 1. The van der Waals surface area contributed by atoms with E-state index in [0.29, 0.717) is 10.0 Å². The first kappa shape index (κ1) is 25.1. The molecule has 1 fully saturated rings. The van der Waals surface area contributed by atoms with Crippen molar-refractivity contribution in [2.75, 3.05) is 0 Å². The van der Waals surface area contributed by atoms with Crippen LogP contribution >= 0.6 is 27.7 Å². The van der Waals surface area contributed by atoms with Gasteiger partial charge in [0.25, 0.3) is 16.8 Å². The van der Waals surface area contributed by atoms with Gasteiger partial charge in [-0.25, -0.2) is 0 Å². The van der Waals surface area contributed by atoms with Gasteiger partial charge in [0.15, 0.2) is 0 Å². The molecule has 0 spiro atoms. The third-order valence-electron chi connectivity index (χ3n) is 5.13. The highest BCUT2D eigenvalue weighted by Gasteiger charge is 2.35. The number of aryl methyl sites for hydroxylation is 1. The number of benzene rings is 3. The molecule has 0 saturated carbocycles. The van der Waals surface area contributed by atoms with Crippen LogP contribution in [-0.2, 0) is 11.3 Å². The first-order valence-electron chi connectivity index (χ1n) is 10.3. The van der Waals surface area contributed by atoms with Crippen LogP contribution in [0.4, 0.5) is 16.2 Å². The molecule has 2 amide bonds. The molecule has 3 aromatic carbocycles. The molecule has 0 N–H and O–H groups in total. The summed E-state index contributed by atoms with van der Waals surface area (Å²) in [6, 6.07) is 15.3. The minimum atomic E-state index is -0.780. The number of hydrogen-bond acceptors (Lipinski definition) is 8. The van der Waals surface area contributed by atoms with Crippen LogP contribution < -0.4 is 4.74 Å². The number of thioether (sulfide) groups is 1. The summed E-state index contributed by atoms with van der Waals surface area (Å²) in [6.45, 7) is 2.04. The predicted molar refractivity (Wildman–Crippen MR) is 137 cm³/mol. The number of amides is 2. The van der Waals surface area contributed by atoms with Crippen LogP contribution in [0.2, 0.25) is 0 Å². The van der Waals surface area contributed by atoms with E-state index in [9.17, 15) is 29.8 Å². The number of ether oxygens (including phenoxy) is 1. The zero-order valence-corrected chi connectivity index (χ0v) is 20.9. The van der Waals surface area contributed by atoms with Gasteiger partial charge in [-0.15, -0.1) is 0 Å². The van der Waals surface area contributed by atoms with Crippen LogP contribution in [0.3, 0.4) is 0 Å². The first-order chi connectivity index (χ1) is 17.1. The lowest BCUT2D eigenvalue weighted by molar-refractivity contribution is -0.394. The molecule has 12 heteroatoms. The second kappa shape index (κ2) is 10.3. The Morgan fingerprint density at radius 2 is 1.75 bits per heavy atom. The minimum Gasteiger partial charge on any atom is -0.449 e. The van der Waals surface area contributed by atoms with E-state index in [1.54, 1.807) is 12.1 Å². The van der Waals surface area contributed by atoms with Gasteiger partial charge in [-0.05, 0) is 54.6 Å². The highest BCUT2D eigenvalue weighted by molar-refractivity contribution is 9.10. The Labute approximate surface area is 217 Å². The number of nitro groups is 2. The van der Waals surface area contributed by atoms with E-state index < -0.39 is 32.4 Å². The average molecular weight is 570 g/mol. The monoisotopic (exact) mass is 569 g/mol. The first-order valence-corrected chi connectivity index (χ1v) is 11.9. The number of hydrogen-bond donors (Lipinski definition) is 0. The van der Waals surface area contributed by atoms with Crippen molar-refractivity contribution in [2.45, 2.75) is 13.5 Å². The molecule has 0 bridgehead atoms. The Hall–Kier alpha value is -4.03. The molecule has 36 heavy (non-hydrogen) atoms. The van der Waals surface area contributed by atoms with E-state index in [1.807, 2.05) is 31.2 Å². The van der Waals surface area contributed by atoms with Crippen LogP contribution in [-0.4, -0.2) is 25.9 Å². The fraction of sp³-hybridized carbons (Fsp3) is 0.0833. The third-order valence-corrected chi connectivity index (χ3v) is 6.53. The largest absolute Gasteiger partial charge is 0.449 e. The van der Waals surface area contributed by atoms with E-state index in [0.717, 1.165) is 46.0 Å². The van der Waals surface area contributed by atoms with Crippen molar-refractivity contribution in [1.82, 2.24) is 4.90 Å². The molecule has 0 aromatic heterocycles. The fourth-order valence-electron chi connectivity index (χ4n) is 3.46. The Morgan fingerprint density at radius 1 is 1.00 bits per heavy atom. The molecule has 0 radical (unpaired) electrons. The molecular weight excluding hydrogens is 554 g/mol. The van der Waals surface area contributed by atoms with Gasteiger partial charge in [-0.2, -0.15) is 0 Å². The standard InChI is InChI=1S/C24H16BrN3O7S/c1-14-3-2-4-15(9-14)13-26-23(29)22(36-24(26)30)11-16-10-17(25)5-7-20(16)35-21-8-6-18(27(31)32)12-19(21)28(33)34/h2-12H,13H2,1H3/b22-11-. The molecule has 3 aromatic rings. The Kier molecular flexibility index (Phi) is 7.17. The summed E-state index contributed by atoms with van der Waals surface area (Å²) >= 11 is 4.13. The van der Waals surface area contributed by atoms with Gasteiger partial charge in [-0.1, -0.05) is 45.8 Å². The number of rotatable bonds is 7. The summed E-state index contributed by atoms with van der Waals surface area (Å²) in [7, 11) is 0. The Morgan fingerprint density at radius 3 is 2.44 bits per heavy atom. The number of carbonyl (C=O) groups excluding carboxylic acids is 2. The van der Waals surface area contributed by atoms with Crippen LogP contribution in [0.1, 0.15) is 16.7 Å². The predicted octanol–water partition coefficient (Wildman–Crippen LogP) is 6.60. The maximum atomic E-state index is 13.0. The van der Waals surface area contributed by atoms with E-state index in [1.165, 1.54) is 12.1 Å². The number of carbonyl (C=O) groups is 2. The second-order valence-electron chi connectivity index (χ2n) is 7.71. The molecular formula is C24H16BrN3O7S. The maximum Gasteiger partial charge on any atom is 0.318 e. The summed E-state index contributed by atoms with van der Waals surface area (Å²) < 4.78 is 6.39. The minimum absolute atomic E-state index is 0.126. The van der Waals surface area contributed by atoms with Crippen molar-refractivity contribution in [3.63, 3.8) is 0 Å². The summed E-state index contributed by atoms with van der Waals surface area (Å²) in [6.07, 6.45) is 1.47. The summed E-state index contributed by atoms with van der Waals surface area (Å²) in [5.41, 5.74) is 1.16. The molecule has 182 valence electrons. The van der Waals surface area contributed by atoms with Crippen molar-refractivity contribution in [3.8, 4) is 11.5 Å². The van der Waals surface area contributed by atoms with Crippen LogP contribution in [0.25, 0.3) is 6.08 Å². The Balaban J connectivity index is 1.66. The number of nitrogens with zero attached hydrogens (tertiary/aromatic N) is 3. The number of nitro benzene ring substituents is 2. The lowest BCUT2D eigenvalue weighted by atomic mass is 10.1. The molecule has 10 nitrogen and oxygen atoms in total. The topological polar surface area (TPSA) is 133 Å². The van der Waals surface area contributed by atoms with Gasteiger partial charge < -0.3 is 4.74 Å². The van der Waals surface area contributed by atoms with E-state index in [2.05, 4.69) is 15.9 Å². The number of halogens is 1. The van der Waals surface area contributed by atoms with Crippen molar-refractivity contribution in [3.05, 3.63) is 107 Å². The van der Waals surface area contributed by atoms with Gasteiger partial charge in [0.05, 0.1) is 27.4 Å². The quantitative estimate of drug-likeness (QED) is 0.176. The summed E-state index contributed by atoms with van der Waals surface area (Å²) in [5, 5.41) is 22.1. The Bertz CT molecular complexity index is 1460. The normalized spacial score (nSPS) is 14.4.